The van der Waals surface area contributed by atoms with E-state index >= 15 is 0 Å². The van der Waals surface area contributed by atoms with Gasteiger partial charge in [-0.25, -0.2) is 9.98 Å². The van der Waals surface area contributed by atoms with Crippen molar-refractivity contribution in [3.05, 3.63) is 114 Å². The zero-order valence-corrected chi connectivity index (χ0v) is 16.7. The molecule has 0 saturated heterocycles. The topological polar surface area (TPSA) is 49.6 Å². The molecule has 0 bridgehead atoms. The Morgan fingerprint density at radius 2 is 1.60 bits per heavy atom. The highest BCUT2D eigenvalue weighted by Crippen LogP contribution is 2.16. The molecule has 4 aromatic rings. The minimum absolute atomic E-state index is 0.592. The van der Waals surface area contributed by atoms with Crippen LogP contribution in [-0.2, 0) is 0 Å². The fourth-order valence-electron chi connectivity index (χ4n) is 2.95. The number of para-hydroxylation sites is 1. The van der Waals surface area contributed by atoms with Crippen LogP contribution in [0.15, 0.2) is 107 Å². The Morgan fingerprint density at radius 1 is 0.833 bits per heavy atom. The molecular weight excluding hydrogens is 368 g/mol. The lowest BCUT2D eigenvalue weighted by molar-refractivity contribution is 1.02. The number of amidine groups is 1. The summed E-state index contributed by atoms with van der Waals surface area (Å²) in [5.74, 6) is 0.592. The van der Waals surface area contributed by atoms with Crippen LogP contribution < -0.4 is 5.43 Å². The predicted octanol–water partition coefficient (Wildman–Crippen LogP) is 5.91. The van der Waals surface area contributed by atoms with Crippen molar-refractivity contribution >= 4 is 34.7 Å². The van der Waals surface area contributed by atoms with Gasteiger partial charge < -0.3 is 0 Å². The highest BCUT2D eigenvalue weighted by atomic mass is 15.3. The maximum absolute atomic E-state index is 4.75. The molecule has 0 unspecified atom stereocenters. The number of benzene rings is 3. The predicted molar refractivity (Wildman–Crippen MR) is 126 cm³/mol. The van der Waals surface area contributed by atoms with Crippen molar-refractivity contribution in [1.29, 1.82) is 0 Å². The van der Waals surface area contributed by atoms with E-state index < -0.39 is 0 Å². The maximum atomic E-state index is 4.75. The van der Waals surface area contributed by atoms with E-state index in [1.54, 1.807) is 6.21 Å². The summed E-state index contributed by atoms with van der Waals surface area (Å²) in [5, 5.41) is 5.41. The number of fused-ring (bicyclic) bond motifs is 1. The third-order valence-electron chi connectivity index (χ3n) is 4.54. The molecule has 0 aliphatic carbocycles. The van der Waals surface area contributed by atoms with Crippen LogP contribution in [0.1, 0.15) is 16.8 Å². The summed E-state index contributed by atoms with van der Waals surface area (Å²) in [5.41, 5.74) is 7.86. The third kappa shape index (κ3) is 5.06. The Morgan fingerprint density at radius 3 is 2.43 bits per heavy atom. The van der Waals surface area contributed by atoms with Gasteiger partial charge in [0.25, 0.3) is 0 Å². The second-order valence-electron chi connectivity index (χ2n) is 6.84. The largest absolute Gasteiger partial charge is 0.260 e. The molecule has 0 aliphatic heterocycles. The average Bonchev–Trinajstić information content (AvgIpc) is 2.80. The molecule has 0 saturated carbocycles. The van der Waals surface area contributed by atoms with Crippen LogP contribution in [0.2, 0.25) is 0 Å². The van der Waals surface area contributed by atoms with E-state index in [9.17, 15) is 0 Å². The number of aromatic nitrogens is 1. The van der Waals surface area contributed by atoms with Crippen LogP contribution >= 0.6 is 0 Å². The Balaban J connectivity index is 1.60. The van der Waals surface area contributed by atoms with Gasteiger partial charge >= 0.3 is 0 Å². The molecular formula is C26H22N4. The second-order valence-corrected chi connectivity index (χ2v) is 6.84. The summed E-state index contributed by atoms with van der Waals surface area (Å²) in [6.45, 7) is 2.06. The van der Waals surface area contributed by atoms with Crippen molar-refractivity contribution in [2.24, 2.45) is 10.1 Å². The molecule has 1 heterocycles. The molecule has 0 atom stereocenters. The Kier molecular flexibility index (Phi) is 6.06. The molecule has 146 valence electrons. The van der Waals surface area contributed by atoms with Crippen molar-refractivity contribution in [3.8, 4) is 0 Å². The maximum Gasteiger partial charge on any atom is 0.173 e. The van der Waals surface area contributed by atoms with Crippen LogP contribution in [0.5, 0.6) is 0 Å². The SMILES string of the molecule is Cc1ccc(N=C(N/N=C/C=C/c2ccccc2)c2ccc3ccccc3n2)cc1. The zero-order valence-electron chi connectivity index (χ0n) is 16.7. The lowest BCUT2D eigenvalue weighted by Gasteiger charge is -2.07. The minimum atomic E-state index is 0.592. The average molecular weight is 390 g/mol. The van der Waals surface area contributed by atoms with Crippen molar-refractivity contribution in [1.82, 2.24) is 10.4 Å². The van der Waals surface area contributed by atoms with E-state index in [0.717, 1.165) is 27.8 Å². The van der Waals surface area contributed by atoms with Gasteiger partial charge in [-0.15, -0.1) is 0 Å². The van der Waals surface area contributed by atoms with Gasteiger partial charge in [-0.1, -0.05) is 78.4 Å². The smallest absolute Gasteiger partial charge is 0.173 e. The fraction of sp³-hybridized carbons (Fsp3) is 0.0385. The van der Waals surface area contributed by atoms with Gasteiger partial charge in [-0.2, -0.15) is 5.10 Å². The molecule has 4 heteroatoms. The van der Waals surface area contributed by atoms with E-state index in [-0.39, 0.29) is 0 Å². The molecule has 4 rings (SSSR count). The number of nitrogens with one attached hydrogen (secondary N) is 1. The van der Waals surface area contributed by atoms with E-state index in [2.05, 4.69) is 17.5 Å². The normalized spacial score (nSPS) is 12.1. The van der Waals surface area contributed by atoms with E-state index in [1.807, 2.05) is 103 Å². The fourth-order valence-corrected chi connectivity index (χ4v) is 2.95. The number of hydrogen-bond acceptors (Lipinski definition) is 3. The summed E-state index contributed by atoms with van der Waals surface area (Å²) in [4.78, 5) is 9.49. The molecule has 3 aromatic carbocycles. The van der Waals surface area contributed by atoms with Gasteiger partial charge in [0.15, 0.2) is 5.84 Å². The van der Waals surface area contributed by atoms with Gasteiger partial charge in [0.2, 0.25) is 0 Å². The summed E-state index contributed by atoms with van der Waals surface area (Å²) in [6.07, 6.45) is 5.59. The molecule has 4 nitrogen and oxygen atoms in total. The summed E-state index contributed by atoms with van der Waals surface area (Å²) in [7, 11) is 0. The number of rotatable bonds is 5. The zero-order chi connectivity index (χ0) is 20.6. The summed E-state index contributed by atoms with van der Waals surface area (Å²) in [6, 6.07) is 30.2. The third-order valence-corrected chi connectivity index (χ3v) is 4.54. The molecule has 0 spiro atoms. The molecule has 1 N–H and O–H groups in total. The Hall–Kier alpha value is -4.05. The first-order valence-corrected chi connectivity index (χ1v) is 9.80. The van der Waals surface area contributed by atoms with E-state index in [0.29, 0.717) is 5.84 Å². The number of hydrazone groups is 1. The van der Waals surface area contributed by atoms with Crippen LogP contribution in [0.4, 0.5) is 5.69 Å². The highest BCUT2D eigenvalue weighted by molar-refractivity contribution is 6.00. The summed E-state index contributed by atoms with van der Waals surface area (Å²) < 4.78 is 0. The first-order valence-electron chi connectivity index (χ1n) is 9.80. The van der Waals surface area contributed by atoms with E-state index in [1.165, 1.54) is 5.56 Å². The van der Waals surface area contributed by atoms with Crippen molar-refractivity contribution in [2.45, 2.75) is 6.92 Å². The van der Waals surface area contributed by atoms with Crippen LogP contribution in [-0.4, -0.2) is 17.0 Å². The van der Waals surface area contributed by atoms with Crippen molar-refractivity contribution < 1.29 is 0 Å². The molecule has 30 heavy (non-hydrogen) atoms. The first kappa shape index (κ1) is 19.3. The number of nitrogens with zero attached hydrogens (tertiary/aromatic N) is 3. The molecule has 0 fully saturated rings. The van der Waals surface area contributed by atoms with Gasteiger partial charge in [0.1, 0.15) is 5.69 Å². The number of aryl methyl sites for hydroxylation is 1. The lowest BCUT2D eigenvalue weighted by atomic mass is 10.2. The van der Waals surface area contributed by atoms with Crippen molar-refractivity contribution in [3.63, 3.8) is 0 Å². The standard InChI is InChI=1S/C26H22N4/c1-20-13-16-23(17-14-20)28-26(25-18-15-22-11-5-6-12-24(22)29-25)30-27-19-7-10-21-8-3-2-4-9-21/h2-19H,1H3,(H,28,30)/b10-7+,27-19+. The summed E-state index contributed by atoms with van der Waals surface area (Å²) >= 11 is 0. The van der Waals surface area contributed by atoms with Gasteiger partial charge in [-0.05, 0) is 42.8 Å². The number of aliphatic imine (C=N–C) groups is 1. The van der Waals surface area contributed by atoms with Gasteiger partial charge in [0.05, 0.1) is 11.2 Å². The Bertz CT molecular complexity index is 1210. The minimum Gasteiger partial charge on any atom is -0.260 e. The lowest BCUT2D eigenvalue weighted by Crippen LogP contribution is -2.20. The number of allylic oxidation sites excluding steroid dienone is 1. The molecule has 0 radical (unpaired) electrons. The monoisotopic (exact) mass is 390 g/mol. The van der Waals surface area contributed by atoms with Gasteiger partial charge in [0, 0.05) is 11.6 Å². The van der Waals surface area contributed by atoms with Gasteiger partial charge in [-0.3, -0.25) is 5.43 Å². The molecule has 1 aromatic heterocycles. The first-order chi connectivity index (χ1) is 14.8. The van der Waals surface area contributed by atoms with Crippen LogP contribution in [0.25, 0.3) is 17.0 Å². The molecule has 0 aliphatic rings. The number of hydrogen-bond donors (Lipinski definition) is 1. The Labute approximate surface area is 176 Å². The highest BCUT2D eigenvalue weighted by Gasteiger charge is 2.06. The quantitative estimate of drug-likeness (QED) is 0.262. The van der Waals surface area contributed by atoms with E-state index in [4.69, 9.17) is 9.98 Å². The number of pyridine rings is 1. The molecule has 0 amide bonds. The second kappa shape index (κ2) is 9.43. The van der Waals surface area contributed by atoms with Crippen molar-refractivity contribution in [2.75, 3.05) is 0 Å². The van der Waals surface area contributed by atoms with Crippen LogP contribution in [0, 0.1) is 6.92 Å². The van der Waals surface area contributed by atoms with Crippen LogP contribution in [0.3, 0.4) is 0 Å².